The highest BCUT2D eigenvalue weighted by atomic mass is 35.5. The Kier molecular flexibility index (Phi) is 4.46. The molecule has 0 fully saturated rings. The fourth-order valence-corrected chi connectivity index (χ4v) is 2.26. The van der Waals surface area contributed by atoms with Crippen molar-refractivity contribution in [2.24, 2.45) is 0 Å². The molecule has 2 aromatic rings. The van der Waals surface area contributed by atoms with Crippen LogP contribution in [0.5, 0.6) is 0 Å². The summed E-state index contributed by atoms with van der Waals surface area (Å²) in [6, 6.07) is 4.61. The summed E-state index contributed by atoms with van der Waals surface area (Å²) in [7, 11) is 0. The van der Waals surface area contributed by atoms with Crippen LogP contribution in [-0.2, 0) is 6.18 Å². The van der Waals surface area contributed by atoms with Crippen molar-refractivity contribution in [2.45, 2.75) is 6.18 Å². The lowest BCUT2D eigenvalue weighted by Gasteiger charge is -2.11. The quantitative estimate of drug-likeness (QED) is 0.523. The predicted molar refractivity (Wildman–Crippen MR) is 75.1 cm³/mol. The standard InChI is InChI=1S/C13H5Cl3F3NO/c14-8-2-1-7(11(15)12(8)16)9-3-6(5-21)4-10(20-9)13(17,18)19/h1-5H. The van der Waals surface area contributed by atoms with Gasteiger partial charge in [-0.3, -0.25) is 4.79 Å². The lowest BCUT2D eigenvalue weighted by molar-refractivity contribution is -0.141. The van der Waals surface area contributed by atoms with Crippen molar-refractivity contribution < 1.29 is 18.0 Å². The fraction of sp³-hybridized carbons (Fsp3) is 0.0769. The maximum Gasteiger partial charge on any atom is 0.433 e. The molecule has 1 aromatic carbocycles. The van der Waals surface area contributed by atoms with Crippen LogP contribution in [0, 0.1) is 0 Å². The normalized spacial score (nSPS) is 11.5. The van der Waals surface area contributed by atoms with Gasteiger partial charge in [0.25, 0.3) is 0 Å². The first-order valence-electron chi connectivity index (χ1n) is 5.42. The molecular formula is C13H5Cl3F3NO. The monoisotopic (exact) mass is 353 g/mol. The van der Waals surface area contributed by atoms with Gasteiger partial charge in [0.2, 0.25) is 0 Å². The van der Waals surface area contributed by atoms with E-state index in [4.69, 9.17) is 34.8 Å². The molecule has 1 heterocycles. The molecule has 0 aliphatic heterocycles. The van der Waals surface area contributed by atoms with Crippen molar-refractivity contribution in [3.8, 4) is 11.3 Å². The molecular weight excluding hydrogens is 350 g/mol. The van der Waals surface area contributed by atoms with Crippen LogP contribution in [0.25, 0.3) is 11.3 Å². The number of nitrogens with zero attached hydrogens (tertiary/aromatic N) is 1. The molecule has 0 bridgehead atoms. The summed E-state index contributed by atoms with van der Waals surface area (Å²) in [5.74, 6) is 0. The van der Waals surface area contributed by atoms with Crippen molar-refractivity contribution in [1.82, 2.24) is 4.98 Å². The number of hydrogen-bond acceptors (Lipinski definition) is 2. The van der Waals surface area contributed by atoms with Crippen molar-refractivity contribution >= 4 is 41.1 Å². The molecule has 0 spiro atoms. The van der Waals surface area contributed by atoms with Crippen molar-refractivity contribution in [2.75, 3.05) is 0 Å². The SMILES string of the molecule is O=Cc1cc(-c2ccc(Cl)c(Cl)c2Cl)nc(C(F)(F)F)c1. The number of aromatic nitrogens is 1. The van der Waals surface area contributed by atoms with Gasteiger partial charge in [0, 0.05) is 11.1 Å². The average molecular weight is 355 g/mol. The van der Waals surface area contributed by atoms with E-state index in [1.165, 1.54) is 18.2 Å². The topological polar surface area (TPSA) is 30.0 Å². The number of hydrogen-bond donors (Lipinski definition) is 0. The summed E-state index contributed by atoms with van der Waals surface area (Å²) in [5.41, 5.74) is -1.32. The van der Waals surface area contributed by atoms with Crippen molar-refractivity contribution in [3.63, 3.8) is 0 Å². The minimum atomic E-state index is -4.68. The third-order valence-corrected chi connectivity index (χ3v) is 3.88. The molecule has 1 aromatic heterocycles. The number of rotatable bonds is 2. The van der Waals surface area contributed by atoms with Crippen molar-refractivity contribution in [1.29, 1.82) is 0 Å². The highest BCUT2D eigenvalue weighted by Gasteiger charge is 2.33. The van der Waals surface area contributed by atoms with E-state index in [1.807, 2.05) is 0 Å². The number of pyridine rings is 1. The van der Waals surface area contributed by atoms with Gasteiger partial charge in [0.1, 0.15) is 12.0 Å². The fourth-order valence-electron chi connectivity index (χ4n) is 1.63. The second-order valence-electron chi connectivity index (χ2n) is 4.01. The highest BCUT2D eigenvalue weighted by Crippen LogP contribution is 2.38. The first kappa shape index (κ1) is 16.1. The lowest BCUT2D eigenvalue weighted by atomic mass is 10.1. The number of aldehydes is 1. The second kappa shape index (κ2) is 5.83. The van der Waals surface area contributed by atoms with Gasteiger partial charge in [-0.2, -0.15) is 13.2 Å². The van der Waals surface area contributed by atoms with Gasteiger partial charge in [-0.05, 0) is 24.3 Å². The summed E-state index contributed by atoms with van der Waals surface area (Å²) in [6.07, 6.45) is -4.39. The number of benzene rings is 1. The molecule has 0 aliphatic carbocycles. The van der Waals surface area contributed by atoms with Gasteiger partial charge in [0.15, 0.2) is 0 Å². The first-order valence-corrected chi connectivity index (χ1v) is 6.55. The maximum atomic E-state index is 12.8. The molecule has 0 atom stereocenters. The van der Waals surface area contributed by atoms with E-state index in [2.05, 4.69) is 4.98 Å². The Bertz CT molecular complexity index is 717. The van der Waals surface area contributed by atoms with Gasteiger partial charge >= 0.3 is 6.18 Å². The average Bonchev–Trinajstić information content (AvgIpc) is 2.43. The number of alkyl halides is 3. The van der Waals surface area contributed by atoms with Crippen LogP contribution in [0.1, 0.15) is 16.1 Å². The molecule has 0 saturated carbocycles. The predicted octanol–water partition coefficient (Wildman–Crippen LogP) is 5.54. The van der Waals surface area contributed by atoms with E-state index in [0.717, 1.165) is 0 Å². The smallest absolute Gasteiger partial charge is 0.298 e. The van der Waals surface area contributed by atoms with E-state index in [9.17, 15) is 18.0 Å². The van der Waals surface area contributed by atoms with Gasteiger partial charge in [-0.15, -0.1) is 0 Å². The summed E-state index contributed by atoms with van der Waals surface area (Å²) in [5, 5.41) is 0.128. The van der Waals surface area contributed by atoms with Crippen LogP contribution in [0.3, 0.4) is 0 Å². The summed E-state index contributed by atoms with van der Waals surface area (Å²) >= 11 is 17.6. The summed E-state index contributed by atoms with van der Waals surface area (Å²) in [6.45, 7) is 0. The van der Waals surface area contributed by atoms with Crippen LogP contribution < -0.4 is 0 Å². The minimum Gasteiger partial charge on any atom is -0.298 e. The maximum absolute atomic E-state index is 12.8. The summed E-state index contributed by atoms with van der Waals surface area (Å²) < 4.78 is 38.4. The Balaban J connectivity index is 2.70. The molecule has 0 saturated heterocycles. The van der Waals surface area contributed by atoms with Gasteiger partial charge < -0.3 is 0 Å². The molecule has 0 radical (unpaired) electrons. The van der Waals surface area contributed by atoms with Crippen LogP contribution in [0.4, 0.5) is 13.2 Å². The zero-order chi connectivity index (χ0) is 15.8. The Morgan fingerprint density at radius 1 is 1.05 bits per heavy atom. The Morgan fingerprint density at radius 3 is 2.29 bits per heavy atom. The first-order chi connectivity index (χ1) is 9.74. The van der Waals surface area contributed by atoms with Crippen LogP contribution in [0.2, 0.25) is 15.1 Å². The molecule has 21 heavy (non-hydrogen) atoms. The van der Waals surface area contributed by atoms with E-state index in [0.29, 0.717) is 12.4 Å². The minimum absolute atomic E-state index is 0.00250. The van der Waals surface area contributed by atoms with Crippen LogP contribution in [0.15, 0.2) is 24.3 Å². The molecule has 0 unspecified atom stereocenters. The van der Waals surface area contributed by atoms with E-state index < -0.39 is 11.9 Å². The van der Waals surface area contributed by atoms with E-state index in [-0.39, 0.29) is 31.9 Å². The largest absolute Gasteiger partial charge is 0.433 e. The molecule has 8 heteroatoms. The Morgan fingerprint density at radius 2 is 1.71 bits per heavy atom. The molecule has 0 amide bonds. The van der Waals surface area contributed by atoms with Crippen LogP contribution in [-0.4, -0.2) is 11.3 Å². The zero-order valence-electron chi connectivity index (χ0n) is 10.0. The van der Waals surface area contributed by atoms with E-state index in [1.54, 1.807) is 0 Å². The molecule has 0 aliphatic rings. The number of carbonyl (C=O) groups is 1. The van der Waals surface area contributed by atoms with E-state index >= 15 is 0 Å². The third kappa shape index (κ3) is 3.31. The molecule has 0 N–H and O–H groups in total. The number of halogens is 6. The number of carbonyl (C=O) groups excluding carboxylic acids is 1. The lowest BCUT2D eigenvalue weighted by Crippen LogP contribution is -2.09. The second-order valence-corrected chi connectivity index (χ2v) is 5.17. The highest BCUT2D eigenvalue weighted by molar-refractivity contribution is 6.49. The van der Waals surface area contributed by atoms with Gasteiger partial charge in [-0.1, -0.05) is 34.8 Å². The van der Waals surface area contributed by atoms with Crippen LogP contribution >= 0.6 is 34.8 Å². The summed E-state index contributed by atoms with van der Waals surface area (Å²) in [4.78, 5) is 14.3. The van der Waals surface area contributed by atoms with Crippen molar-refractivity contribution in [3.05, 3.63) is 50.6 Å². The molecule has 2 nitrogen and oxygen atoms in total. The third-order valence-electron chi connectivity index (χ3n) is 2.59. The Labute approximate surface area is 132 Å². The Hall–Kier alpha value is -1.30. The molecule has 2 rings (SSSR count). The molecule has 110 valence electrons. The van der Waals surface area contributed by atoms with Gasteiger partial charge in [0.05, 0.1) is 20.8 Å². The zero-order valence-corrected chi connectivity index (χ0v) is 12.3. The van der Waals surface area contributed by atoms with Gasteiger partial charge in [-0.25, -0.2) is 4.98 Å².